The molecule has 14 heavy (non-hydrogen) atoms. The van der Waals surface area contributed by atoms with Crippen LogP contribution in [-0.2, 0) is 5.60 Å². The van der Waals surface area contributed by atoms with Crippen molar-refractivity contribution in [3.05, 3.63) is 11.1 Å². The summed E-state index contributed by atoms with van der Waals surface area (Å²) in [4.78, 5) is 4.88. The monoisotopic (exact) mass is 213 g/mol. The van der Waals surface area contributed by atoms with Crippen molar-refractivity contribution in [1.82, 2.24) is 10.3 Å². The van der Waals surface area contributed by atoms with E-state index in [0.29, 0.717) is 5.13 Å². The maximum absolute atomic E-state index is 10.5. The van der Waals surface area contributed by atoms with Crippen LogP contribution >= 0.6 is 11.3 Å². The van der Waals surface area contributed by atoms with Gasteiger partial charge in [0.2, 0.25) is 0 Å². The normalized spacial score (nSPS) is 33.1. The number of anilines is 1. The third-order valence-electron chi connectivity index (χ3n) is 2.90. The van der Waals surface area contributed by atoms with E-state index in [1.54, 1.807) is 6.20 Å². The van der Waals surface area contributed by atoms with Crippen LogP contribution in [0.25, 0.3) is 0 Å². The number of nitrogens with two attached hydrogens (primary N) is 1. The molecule has 0 aliphatic carbocycles. The van der Waals surface area contributed by atoms with Crippen LogP contribution in [0.15, 0.2) is 6.20 Å². The molecule has 2 rings (SSSR count). The summed E-state index contributed by atoms with van der Waals surface area (Å²) in [6.07, 6.45) is 2.43. The van der Waals surface area contributed by atoms with Gasteiger partial charge in [0, 0.05) is 18.7 Å². The molecular formula is C9H15N3OS. The van der Waals surface area contributed by atoms with Crippen molar-refractivity contribution in [1.29, 1.82) is 0 Å². The molecule has 0 amide bonds. The molecule has 2 unspecified atom stereocenters. The summed E-state index contributed by atoms with van der Waals surface area (Å²) in [5, 5.41) is 14.3. The number of piperidine rings is 1. The molecule has 0 aromatic carbocycles. The van der Waals surface area contributed by atoms with Crippen LogP contribution in [0.1, 0.15) is 18.2 Å². The molecule has 2 atom stereocenters. The maximum atomic E-state index is 10.5. The lowest BCUT2D eigenvalue weighted by Crippen LogP contribution is -2.46. The molecule has 1 saturated heterocycles. The first-order chi connectivity index (χ1) is 6.63. The van der Waals surface area contributed by atoms with Crippen molar-refractivity contribution in [3.8, 4) is 0 Å². The quantitative estimate of drug-likeness (QED) is 0.637. The van der Waals surface area contributed by atoms with E-state index in [1.165, 1.54) is 11.3 Å². The number of hydrogen-bond donors (Lipinski definition) is 3. The lowest BCUT2D eigenvalue weighted by atomic mass is 9.82. The molecule has 0 spiro atoms. The highest BCUT2D eigenvalue weighted by molar-refractivity contribution is 7.15. The van der Waals surface area contributed by atoms with Crippen LogP contribution in [0.4, 0.5) is 5.13 Å². The van der Waals surface area contributed by atoms with Gasteiger partial charge in [-0.3, -0.25) is 0 Å². The summed E-state index contributed by atoms with van der Waals surface area (Å²) in [7, 11) is 0. The van der Waals surface area contributed by atoms with E-state index in [9.17, 15) is 5.11 Å². The van der Waals surface area contributed by atoms with Gasteiger partial charge >= 0.3 is 0 Å². The Bertz CT molecular complexity index is 328. The van der Waals surface area contributed by atoms with E-state index in [-0.39, 0.29) is 5.92 Å². The van der Waals surface area contributed by atoms with Gasteiger partial charge < -0.3 is 16.2 Å². The molecule has 2 heterocycles. The number of nitrogens with one attached hydrogen (secondary N) is 1. The molecule has 1 fully saturated rings. The van der Waals surface area contributed by atoms with Crippen LogP contribution in [0.3, 0.4) is 0 Å². The highest BCUT2D eigenvalue weighted by atomic mass is 32.1. The average molecular weight is 213 g/mol. The number of nitrogen functional groups attached to an aromatic ring is 1. The number of nitrogens with zero attached hydrogens (tertiary/aromatic N) is 1. The fourth-order valence-electron chi connectivity index (χ4n) is 1.87. The molecule has 78 valence electrons. The Morgan fingerprint density at radius 2 is 2.57 bits per heavy atom. The first kappa shape index (κ1) is 9.89. The smallest absolute Gasteiger partial charge is 0.180 e. The highest BCUT2D eigenvalue weighted by Gasteiger charge is 2.39. The molecule has 4 N–H and O–H groups in total. The summed E-state index contributed by atoms with van der Waals surface area (Å²) in [6, 6.07) is 0. The van der Waals surface area contributed by atoms with Gasteiger partial charge in [0.25, 0.3) is 0 Å². The molecule has 1 aromatic rings. The van der Waals surface area contributed by atoms with Crippen molar-refractivity contribution in [3.63, 3.8) is 0 Å². The van der Waals surface area contributed by atoms with Gasteiger partial charge in [-0.05, 0) is 13.0 Å². The SMILES string of the molecule is CC1CNCCC1(O)c1cnc(N)s1. The third kappa shape index (κ3) is 1.51. The van der Waals surface area contributed by atoms with E-state index >= 15 is 0 Å². The van der Waals surface area contributed by atoms with Crippen LogP contribution < -0.4 is 11.1 Å². The summed E-state index contributed by atoms with van der Waals surface area (Å²) in [5.74, 6) is 0.205. The Morgan fingerprint density at radius 3 is 3.14 bits per heavy atom. The molecular weight excluding hydrogens is 198 g/mol. The minimum absolute atomic E-state index is 0.205. The molecule has 1 aliphatic heterocycles. The maximum Gasteiger partial charge on any atom is 0.180 e. The predicted molar refractivity (Wildman–Crippen MR) is 57.1 cm³/mol. The lowest BCUT2D eigenvalue weighted by molar-refractivity contribution is -0.0361. The molecule has 4 nitrogen and oxygen atoms in total. The Labute approximate surface area is 87.2 Å². The first-order valence-electron chi connectivity index (χ1n) is 4.78. The second kappa shape index (κ2) is 3.49. The first-order valence-corrected chi connectivity index (χ1v) is 5.59. The van der Waals surface area contributed by atoms with Gasteiger partial charge in [0.1, 0.15) is 5.60 Å². The Hall–Kier alpha value is -0.650. The van der Waals surface area contributed by atoms with Gasteiger partial charge in [-0.2, -0.15) is 0 Å². The highest BCUT2D eigenvalue weighted by Crippen LogP contribution is 2.38. The largest absolute Gasteiger partial charge is 0.384 e. The van der Waals surface area contributed by atoms with E-state index in [2.05, 4.69) is 10.3 Å². The minimum atomic E-state index is -0.736. The van der Waals surface area contributed by atoms with Crippen molar-refractivity contribution in [2.45, 2.75) is 18.9 Å². The third-order valence-corrected chi connectivity index (χ3v) is 3.89. The Balaban J connectivity index is 2.29. The van der Waals surface area contributed by atoms with Gasteiger partial charge in [-0.15, -0.1) is 0 Å². The number of thiazole rings is 1. The molecule has 0 radical (unpaired) electrons. The zero-order valence-corrected chi connectivity index (χ0v) is 8.97. The summed E-state index contributed by atoms with van der Waals surface area (Å²) in [5.41, 5.74) is 4.83. The predicted octanol–water partition coefficient (Wildman–Crippen LogP) is 0.542. The van der Waals surface area contributed by atoms with Gasteiger partial charge in [-0.25, -0.2) is 4.98 Å². The van der Waals surface area contributed by atoms with Crippen molar-refractivity contribution in [2.24, 2.45) is 5.92 Å². The van der Waals surface area contributed by atoms with E-state index in [4.69, 9.17) is 5.73 Å². The fourth-order valence-corrected chi connectivity index (χ4v) is 2.78. The van der Waals surface area contributed by atoms with Crippen molar-refractivity contribution >= 4 is 16.5 Å². The summed E-state index contributed by atoms with van der Waals surface area (Å²) in [6.45, 7) is 3.73. The van der Waals surface area contributed by atoms with E-state index in [0.717, 1.165) is 24.4 Å². The zero-order chi connectivity index (χ0) is 10.2. The van der Waals surface area contributed by atoms with Gasteiger partial charge in [0.15, 0.2) is 5.13 Å². The second-order valence-corrected chi connectivity index (χ2v) is 4.90. The van der Waals surface area contributed by atoms with Crippen LogP contribution in [0, 0.1) is 5.92 Å². The molecule has 5 heteroatoms. The number of hydrogen-bond acceptors (Lipinski definition) is 5. The van der Waals surface area contributed by atoms with E-state index < -0.39 is 5.60 Å². The zero-order valence-electron chi connectivity index (χ0n) is 8.16. The van der Waals surface area contributed by atoms with Crippen molar-refractivity contribution < 1.29 is 5.11 Å². The second-order valence-electron chi connectivity index (χ2n) is 3.84. The molecule has 1 aromatic heterocycles. The van der Waals surface area contributed by atoms with Gasteiger partial charge in [0.05, 0.1) is 4.88 Å². The number of rotatable bonds is 1. The van der Waals surface area contributed by atoms with Crippen LogP contribution in [0.5, 0.6) is 0 Å². The Morgan fingerprint density at radius 1 is 1.79 bits per heavy atom. The summed E-state index contributed by atoms with van der Waals surface area (Å²) >= 11 is 1.39. The molecule has 1 aliphatic rings. The number of aromatic nitrogens is 1. The van der Waals surface area contributed by atoms with Gasteiger partial charge in [-0.1, -0.05) is 18.3 Å². The van der Waals surface area contributed by atoms with E-state index in [1.807, 2.05) is 6.92 Å². The standard InChI is InChI=1S/C9H15N3OS/c1-6-4-11-3-2-9(6,13)7-5-12-8(10)14-7/h5-6,11,13H,2-4H2,1H3,(H2,10,12). The summed E-state index contributed by atoms with van der Waals surface area (Å²) < 4.78 is 0. The molecule has 0 saturated carbocycles. The lowest BCUT2D eigenvalue weighted by Gasteiger charge is -2.37. The minimum Gasteiger partial charge on any atom is -0.384 e. The molecule has 0 bridgehead atoms. The Kier molecular flexibility index (Phi) is 2.47. The van der Waals surface area contributed by atoms with Crippen molar-refractivity contribution in [2.75, 3.05) is 18.8 Å². The fraction of sp³-hybridized carbons (Fsp3) is 0.667. The van der Waals surface area contributed by atoms with Crippen LogP contribution in [-0.4, -0.2) is 23.2 Å². The number of aliphatic hydroxyl groups is 1. The topological polar surface area (TPSA) is 71.2 Å². The van der Waals surface area contributed by atoms with Crippen LogP contribution in [0.2, 0.25) is 0 Å². The average Bonchev–Trinajstić information content (AvgIpc) is 2.58.